The Kier molecular flexibility index (Phi) is 4.60. The number of carbonyl (C=O) groups excluding carboxylic acids is 2. The Morgan fingerprint density at radius 1 is 1.33 bits per heavy atom. The molecule has 0 unspecified atom stereocenters. The van der Waals surface area contributed by atoms with Gasteiger partial charge in [0.2, 0.25) is 11.8 Å². The Labute approximate surface area is 121 Å². The van der Waals surface area contributed by atoms with E-state index in [0.717, 1.165) is 0 Å². The van der Waals surface area contributed by atoms with Crippen molar-refractivity contribution in [2.75, 3.05) is 10.6 Å². The average molecular weight is 288 g/mol. The molecule has 0 spiro atoms. The van der Waals surface area contributed by atoms with Gasteiger partial charge in [0.05, 0.1) is 18.1 Å². The first-order chi connectivity index (χ1) is 10.0. The zero-order valence-electron chi connectivity index (χ0n) is 11.8. The van der Waals surface area contributed by atoms with Gasteiger partial charge in [0.1, 0.15) is 6.54 Å². The lowest BCUT2D eigenvalue weighted by Gasteiger charge is -2.04. The van der Waals surface area contributed by atoms with Gasteiger partial charge in [-0.05, 0) is 12.1 Å². The number of carbonyl (C=O) groups is 2. The summed E-state index contributed by atoms with van der Waals surface area (Å²) >= 11 is 0. The van der Waals surface area contributed by atoms with Crippen molar-refractivity contribution in [3.05, 3.63) is 30.7 Å². The second-order valence-corrected chi connectivity index (χ2v) is 4.74. The number of nitrogens with one attached hydrogen (secondary N) is 2. The van der Waals surface area contributed by atoms with E-state index in [-0.39, 0.29) is 24.3 Å². The fourth-order valence-corrected chi connectivity index (χ4v) is 1.49. The molecule has 0 fully saturated rings. The maximum atomic E-state index is 11.8. The molecule has 0 aliphatic carbocycles. The fourth-order valence-electron chi connectivity index (χ4n) is 1.49. The van der Waals surface area contributed by atoms with Crippen molar-refractivity contribution in [2.24, 2.45) is 5.92 Å². The molecule has 8 heteroatoms. The summed E-state index contributed by atoms with van der Waals surface area (Å²) < 4.78 is 1.35. The molecule has 0 atom stereocenters. The van der Waals surface area contributed by atoms with Crippen LogP contribution in [0.15, 0.2) is 30.7 Å². The number of nitrogens with zero attached hydrogens (tertiary/aromatic N) is 4. The zero-order valence-corrected chi connectivity index (χ0v) is 11.8. The van der Waals surface area contributed by atoms with E-state index in [1.54, 1.807) is 38.4 Å². The Balaban J connectivity index is 1.90. The van der Waals surface area contributed by atoms with E-state index in [1.165, 1.54) is 10.9 Å². The van der Waals surface area contributed by atoms with Crippen molar-refractivity contribution in [1.29, 1.82) is 0 Å². The van der Waals surface area contributed by atoms with Crippen LogP contribution < -0.4 is 10.6 Å². The summed E-state index contributed by atoms with van der Waals surface area (Å²) in [6.45, 7) is 3.56. The van der Waals surface area contributed by atoms with Gasteiger partial charge in [0.15, 0.2) is 5.82 Å². The van der Waals surface area contributed by atoms with Crippen LogP contribution in [0.2, 0.25) is 0 Å². The van der Waals surface area contributed by atoms with Crippen molar-refractivity contribution in [1.82, 2.24) is 20.0 Å². The lowest BCUT2D eigenvalue weighted by molar-refractivity contribution is -0.119. The molecule has 0 radical (unpaired) electrons. The summed E-state index contributed by atoms with van der Waals surface area (Å²) in [5.74, 6) is -0.233. The minimum atomic E-state index is -0.255. The second kappa shape index (κ2) is 6.60. The zero-order chi connectivity index (χ0) is 15.2. The molecule has 110 valence electrons. The van der Waals surface area contributed by atoms with Gasteiger partial charge in [0.25, 0.3) is 0 Å². The normalized spacial score (nSPS) is 10.4. The molecule has 2 heterocycles. The lowest BCUT2D eigenvalue weighted by atomic mass is 10.2. The fraction of sp³-hybridized carbons (Fsp3) is 0.308. The first-order valence-electron chi connectivity index (χ1n) is 6.45. The number of anilines is 2. The average Bonchev–Trinajstić information content (AvgIpc) is 2.86. The minimum absolute atomic E-state index is 0.000552. The topological polar surface area (TPSA) is 102 Å². The molecule has 0 aliphatic heterocycles. The van der Waals surface area contributed by atoms with Crippen LogP contribution in [-0.2, 0) is 16.1 Å². The van der Waals surface area contributed by atoms with Gasteiger partial charge in [0, 0.05) is 12.1 Å². The van der Waals surface area contributed by atoms with Crippen LogP contribution in [0.1, 0.15) is 13.8 Å². The molecule has 2 aromatic rings. The van der Waals surface area contributed by atoms with Crippen molar-refractivity contribution >= 4 is 23.3 Å². The molecule has 2 N–H and O–H groups in total. The third-order valence-corrected chi connectivity index (χ3v) is 2.57. The number of amides is 2. The highest BCUT2D eigenvalue weighted by Gasteiger charge is 2.11. The number of hydrogen-bond acceptors (Lipinski definition) is 5. The molecule has 0 bridgehead atoms. The van der Waals surface area contributed by atoms with Crippen LogP contribution in [0.25, 0.3) is 0 Å². The highest BCUT2D eigenvalue weighted by atomic mass is 16.2. The molecule has 8 nitrogen and oxygen atoms in total. The summed E-state index contributed by atoms with van der Waals surface area (Å²) in [4.78, 5) is 27.2. The maximum absolute atomic E-state index is 11.8. The third kappa shape index (κ3) is 4.37. The Hall–Kier alpha value is -2.77. The van der Waals surface area contributed by atoms with Crippen LogP contribution in [0.3, 0.4) is 0 Å². The van der Waals surface area contributed by atoms with E-state index in [9.17, 15) is 9.59 Å². The Morgan fingerprint density at radius 3 is 2.81 bits per heavy atom. The predicted octanol–water partition coefficient (Wildman–Crippen LogP) is 0.906. The molecule has 0 saturated heterocycles. The SMILES string of the molecule is CC(C)C(=O)Nc1cn(CC(=O)Nc2cccnc2)nn1. The Bertz CT molecular complexity index is 623. The number of rotatable bonds is 5. The largest absolute Gasteiger partial charge is 0.323 e. The molecule has 0 aromatic carbocycles. The van der Waals surface area contributed by atoms with Gasteiger partial charge in [-0.1, -0.05) is 19.1 Å². The smallest absolute Gasteiger partial charge is 0.246 e. The monoisotopic (exact) mass is 288 g/mol. The molecule has 0 aliphatic rings. The van der Waals surface area contributed by atoms with Crippen molar-refractivity contribution in [3.8, 4) is 0 Å². The number of pyridine rings is 1. The van der Waals surface area contributed by atoms with Crippen LogP contribution in [0.5, 0.6) is 0 Å². The summed E-state index contributed by atoms with van der Waals surface area (Å²) in [6, 6.07) is 3.46. The molecule has 2 aromatic heterocycles. The van der Waals surface area contributed by atoms with E-state index in [1.807, 2.05) is 0 Å². The molecule has 2 rings (SSSR count). The lowest BCUT2D eigenvalue weighted by Crippen LogP contribution is -2.19. The maximum Gasteiger partial charge on any atom is 0.246 e. The van der Waals surface area contributed by atoms with E-state index >= 15 is 0 Å². The predicted molar refractivity (Wildman–Crippen MR) is 76.4 cm³/mol. The highest BCUT2D eigenvalue weighted by molar-refractivity contribution is 5.91. The molecular formula is C13H16N6O2. The van der Waals surface area contributed by atoms with Crippen LogP contribution in [0, 0.1) is 5.92 Å². The second-order valence-electron chi connectivity index (χ2n) is 4.74. The minimum Gasteiger partial charge on any atom is -0.323 e. The Morgan fingerprint density at radius 2 is 2.14 bits per heavy atom. The van der Waals surface area contributed by atoms with Crippen LogP contribution in [-0.4, -0.2) is 31.8 Å². The summed E-state index contributed by atoms with van der Waals surface area (Å²) in [7, 11) is 0. The molecule has 21 heavy (non-hydrogen) atoms. The third-order valence-electron chi connectivity index (χ3n) is 2.57. The van der Waals surface area contributed by atoms with Gasteiger partial charge in [-0.15, -0.1) is 5.10 Å². The molecule has 2 amide bonds. The van der Waals surface area contributed by atoms with Crippen LogP contribution in [0.4, 0.5) is 11.5 Å². The van der Waals surface area contributed by atoms with Gasteiger partial charge < -0.3 is 10.6 Å². The molecular weight excluding hydrogens is 272 g/mol. The quantitative estimate of drug-likeness (QED) is 0.851. The molecule has 0 saturated carbocycles. The summed E-state index contributed by atoms with van der Waals surface area (Å²) in [5, 5.41) is 12.9. The van der Waals surface area contributed by atoms with Crippen LogP contribution >= 0.6 is 0 Å². The highest BCUT2D eigenvalue weighted by Crippen LogP contribution is 2.05. The number of hydrogen-bond donors (Lipinski definition) is 2. The standard InChI is InChI=1S/C13H16N6O2/c1-9(2)13(21)16-11-7-19(18-17-11)8-12(20)15-10-4-3-5-14-6-10/h3-7,9H,8H2,1-2H3,(H,15,20)(H,16,21). The summed E-state index contributed by atoms with van der Waals surface area (Å²) in [5.41, 5.74) is 0.607. The summed E-state index contributed by atoms with van der Waals surface area (Å²) in [6.07, 6.45) is 4.67. The van der Waals surface area contributed by atoms with Crippen molar-refractivity contribution in [2.45, 2.75) is 20.4 Å². The van der Waals surface area contributed by atoms with Gasteiger partial charge >= 0.3 is 0 Å². The van der Waals surface area contributed by atoms with Gasteiger partial charge in [-0.2, -0.15) is 0 Å². The van der Waals surface area contributed by atoms with Crippen molar-refractivity contribution < 1.29 is 9.59 Å². The first kappa shape index (κ1) is 14.6. The van der Waals surface area contributed by atoms with Gasteiger partial charge in [-0.3, -0.25) is 14.6 Å². The van der Waals surface area contributed by atoms with Crippen molar-refractivity contribution in [3.63, 3.8) is 0 Å². The first-order valence-corrected chi connectivity index (χ1v) is 6.45. The van der Waals surface area contributed by atoms with E-state index in [4.69, 9.17) is 0 Å². The van der Waals surface area contributed by atoms with E-state index < -0.39 is 0 Å². The number of aromatic nitrogens is 4. The van der Waals surface area contributed by atoms with E-state index in [2.05, 4.69) is 25.9 Å². The van der Waals surface area contributed by atoms with Gasteiger partial charge in [-0.25, -0.2) is 4.68 Å². The van der Waals surface area contributed by atoms with E-state index in [0.29, 0.717) is 11.5 Å².